The van der Waals surface area contributed by atoms with Gasteiger partial charge >= 0.3 is 0 Å². The molecular weight excluding hydrogens is 368 g/mol. The number of ether oxygens (including phenoxy) is 2. The van der Waals surface area contributed by atoms with E-state index in [0.717, 1.165) is 23.6 Å². The van der Waals surface area contributed by atoms with Crippen molar-refractivity contribution in [1.82, 2.24) is 10.2 Å². The Bertz CT molecular complexity index is 946. The molecule has 1 N–H and O–H groups in total. The maximum Gasteiger partial charge on any atom is 0.229 e. The summed E-state index contributed by atoms with van der Waals surface area (Å²) in [7, 11) is 3.14. The third-order valence-corrected chi connectivity index (χ3v) is 4.39. The minimum absolute atomic E-state index is 0.185. The van der Waals surface area contributed by atoms with Gasteiger partial charge in [0.25, 0.3) is 0 Å². The minimum Gasteiger partial charge on any atom is -0.493 e. The maximum absolute atomic E-state index is 12.4. The van der Waals surface area contributed by atoms with Crippen LogP contribution in [0, 0.1) is 0 Å². The Hall–Kier alpha value is -3.61. The van der Waals surface area contributed by atoms with E-state index < -0.39 is 0 Å². The predicted molar refractivity (Wildman–Crippen MR) is 113 cm³/mol. The largest absolute Gasteiger partial charge is 0.493 e. The summed E-state index contributed by atoms with van der Waals surface area (Å²) >= 11 is 0. The van der Waals surface area contributed by atoms with Gasteiger partial charge in [-0.05, 0) is 48.9 Å². The van der Waals surface area contributed by atoms with Crippen LogP contribution in [-0.4, -0.2) is 36.9 Å². The summed E-state index contributed by atoms with van der Waals surface area (Å²) in [5, 5.41) is 11.2. The topological polar surface area (TPSA) is 76.6 Å². The number of carbonyl (C=O) groups is 1. The maximum atomic E-state index is 12.4. The molecule has 7 nitrogen and oxygen atoms in total. The van der Waals surface area contributed by atoms with Gasteiger partial charge in [-0.2, -0.15) is 0 Å². The van der Waals surface area contributed by atoms with E-state index in [0.29, 0.717) is 17.3 Å². The lowest BCUT2D eigenvalue weighted by Gasteiger charge is -2.21. The van der Waals surface area contributed by atoms with E-state index in [4.69, 9.17) is 9.47 Å². The Morgan fingerprint density at radius 1 is 0.966 bits per heavy atom. The molecule has 0 saturated heterocycles. The van der Waals surface area contributed by atoms with Crippen LogP contribution in [0.2, 0.25) is 0 Å². The molecule has 0 aliphatic heterocycles. The number of para-hydroxylation sites is 1. The number of amides is 1. The Balaban J connectivity index is 1.66. The highest BCUT2D eigenvalue weighted by atomic mass is 16.5. The third kappa shape index (κ3) is 5.01. The van der Waals surface area contributed by atoms with E-state index >= 15 is 0 Å². The Morgan fingerprint density at radius 2 is 1.72 bits per heavy atom. The van der Waals surface area contributed by atoms with Gasteiger partial charge in [-0.1, -0.05) is 24.3 Å². The summed E-state index contributed by atoms with van der Waals surface area (Å²) in [5.74, 6) is 2.15. The standard InChI is InChI=1S/C22H24N4O3/c1-4-26(17-8-6-5-7-9-17)21-13-12-20(24-25-21)23-22(27)15-16-10-11-18(28-2)19(14-16)29-3/h5-14H,4,15H2,1-3H3,(H,23,24,27). The molecule has 0 aliphatic carbocycles. The second-order valence-corrected chi connectivity index (χ2v) is 6.27. The van der Waals surface area contributed by atoms with Crippen LogP contribution in [-0.2, 0) is 11.2 Å². The van der Waals surface area contributed by atoms with Crippen LogP contribution in [0.25, 0.3) is 0 Å². The molecule has 0 unspecified atom stereocenters. The van der Waals surface area contributed by atoms with Crippen molar-refractivity contribution in [3.63, 3.8) is 0 Å². The summed E-state index contributed by atoms with van der Waals surface area (Å²) in [6.45, 7) is 2.80. The van der Waals surface area contributed by atoms with Crippen molar-refractivity contribution in [2.75, 3.05) is 31.0 Å². The van der Waals surface area contributed by atoms with Gasteiger partial charge in [0.05, 0.1) is 20.6 Å². The first kappa shape index (κ1) is 20.1. The average molecular weight is 392 g/mol. The molecule has 0 spiro atoms. The Kier molecular flexibility index (Phi) is 6.63. The second-order valence-electron chi connectivity index (χ2n) is 6.27. The van der Waals surface area contributed by atoms with Crippen molar-refractivity contribution in [2.24, 2.45) is 0 Å². The fraction of sp³-hybridized carbons (Fsp3) is 0.227. The summed E-state index contributed by atoms with van der Waals surface area (Å²) < 4.78 is 10.5. The lowest BCUT2D eigenvalue weighted by atomic mass is 10.1. The van der Waals surface area contributed by atoms with Gasteiger partial charge in [0, 0.05) is 12.2 Å². The highest BCUT2D eigenvalue weighted by molar-refractivity contribution is 5.91. The molecule has 2 aromatic carbocycles. The lowest BCUT2D eigenvalue weighted by Crippen LogP contribution is -2.19. The summed E-state index contributed by atoms with van der Waals surface area (Å²) in [6, 6.07) is 19.0. The van der Waals surface area contributed by atoms with E-state index in [9.17, 15) is 4.79 Å². The van der Waals surface area contributed by atoms with Crippen molar-refractivity contribution in [1.29, 1.82) is 0 Å². The molecule has 1 amide bonds. The molecule has 29 heavy (non-hydrogen) atoms. The van der Waals surface area contributed by atoms with Crippen LogP contribution in [0.5, 0.6) is 11.5 Å². The number of rotatable bonds is 8. The van der Waals surface area contributed by atoms with Crippen LogP contribution in [0.3, 0.4) is 0 Å². The molecule has 150 valence electrons. The molecule has 0 saturated carbocycles. The minimum atomic E-state index is -0.185. The van der Waals surface area contributed by atoms with E-state index in [1.165, 1.54) is 0 Å². The molecule has 1 aromatic heterocycles. The lowest BCUT2D eigenvalue weighted by molar-refractivity contribution is -0.115. The van der Waals surface area contributed by atoms with Gasteiger partial charge in [-0.3, -0.25) is 4.79 Å². The average Bonchev–Trinajstić information content (AvgIpc) is 2.76. The highest BCUT2D eigenvalue weighted by Gasteiger charge is 2.12. The van der Waals surface area contributed by atoms with E-state index in [1.54, 1.807) is 32.4 Å². The van der Waals surface area contributed by atoms with Gasteiger partial charge < -0.3 is 19.7 Å². The number of hydrogen-bond acceptors (Lipinski definition) is 6. The fourth-order valence-electron chi connectivity index (χ4n) is 2.98. The van der Waals surface area contributed by atoms with Crippen molar-refractivity contribution in [2.45, 2.75) is 13.3 Å². The molecule has 3 aromatic rings. The Labute approximate surface area is 170 Å². The molecule has 0 aliphatic rings. The van der Waals surface area contributed by atoms with Crippen LogP contribution in [0.1, 0.15) is 12.5 Å². The highest BCUT2D eigenvalue weighted by Crippen LogP contribution is 2.28. The first-order valence-electron chi connectivity index (χ1n) is 9.31. The van der Waals surface area contributed by atoms with Crippen molar-refractivity contribution < 1.29 is 14.3 Å². The SMILES string of the molecule is CCN(c1ccccc1)c1ccc(NC(=O)Cc2ccc(OC)c(OC)c2)nn1. The normalized spacial score (nSPS) is 10.3. The van der Waals surface area contributed by atoms with Crippen LogP contribution < -0.4 is 19.7 Å². The van der Waals surface area contributed by atoms with Gasteiger partial charge in [0.1, 0.15) is 0 Å². The molecule has 7 heteroatoms. The molecule has 0 bridgehead atoms. The first-order chi connectivity index (χ1) is 14.1. The van der Waals surface area contributed by atoms with Gasteiger partial charge in [-0.25, -0.2) is 0 Å². The first-order valence-corrected chi connectivity index (χ1v) is 9.31. The van der Waals surface area contributed by atoms with Gasteiger partial charge in [0.15, 0.2) is 23.1 Å². The second kappa shape index (κ2) is 9.54. The van der Waals surface area contributed by atoms with Crippen molar-refractivity contribution >= 4 is 23.2 Å². The quantitative estimate of drug-likeness (QED) is 0.628. The monoisotopic (exact) mass is 392 g/mol. The zero-order valence-corrected chi connectivity index (χ0v) is 16.8. The predicted octanol–water partition coefficient (Wildman–Crippen LogP) is 3.83. The fourth-order valence-corrected chi connectivity index (χ4v) is 2.98. The molecule has 1 heterocycles. The van der Waals surface area contributed by atoms with E-state index in [1.807, 2.05) is 54.3 Å². The van der Waals surface area contributed by atoms with Crippen LogP contribution >= 0.6 is 0 Å². The number of nitrogens with one attached hydrogen (secondary N) is 1. The van der Waals surface area contributed by atoms with Gasteiger partial charge in [0.2, 0.25) is 5.91 Å². The summed E-state index contributed by atoms with van der Waals surface area (Å²) in [5.41, 5.74) is 1.85. The number of methoxy groups -OCH3 is 2. The Morgan fingerprint density at radius 3 is 2.34 bits per heavy atom. The summed E-state index contributed by atoms with van der Waals surface area (Å²) in [4.78, 5) is 14.4. The molecule has 0 atom stereocenters. The molecule has 0 radical (unpaired) electrons. The number of carbonyl (C=O) groups excluding carboxylic acids is 1. The summed E-state index contributed by atoms with van der Waals surface area (Å²) in [6.07, 6.45) is 0.189. The van der Waals surface area contributed by atoms with Crippen LogP contribution in [0.15, 0.2) is 60.7 Å². The zero-order valence-electron chi connectivity index (χ0n) is 16.8. The molecule has 3 rings (SSSR count). The molecular formula is C22H24N4O3. The number of benzene rings is 2. The van der Waals surface area contributed by atoms with Gasteiger partial charge in [-0.15, -0.1) is 10.2 Å². The number of aromatic nitrogens is 2. The van der Waals surface area contributed by atoms with Crippen LogP contribution in [0.4, 0.5) is 17.3 Å². The van der Waals surface area contributed by atoms with Crippen molar-refractivity contribution in [3.8, 4) is 11.5 Å². The number of hydrogen-bond donors (Lipinski definition) is 1. The smallest absolute Gasteiger partial charge is 0.229 e. The number of nitrogens with zero attached hydrogens (tertiary/aromatic N) is 3. The number of anilines is 3. The van der Waals surface area contributed by atoms with E-state index in [2.05, 4.69) is 15.5 Å². The zero-order chi connectivity index (χ0) is 20.6. The molecule has 0 fully saturated rings. The third-order valence-electron chi connectivity index (χ3n) is 4.39. The van der Waals surface area contributed by atoms with E-state index in [-0.39, 0.29) is 12.3 Å². The van der Waals surface area contributed by atoms with Crippen molar-refractivity contribution in [3.05, 3.63) is 66.2 Å².